The molecule has 2 saturated heterocycles. The third-order valence-electron chi connectivity index (χ3n) is 1.87. The lowest BCUT2D eigenvalue weighted by Gasteiger charge is -2.25. The molecule has 66 valence electrons. The van der Waals surface area contributed by atoms with E-state index in [2.05, 4.69) is 37.4 Å². The van der Waals surface area contributed by atoms with Crippen LogP contribution in [0.3, 0.4) is 0 Å². The van der Waals surface area contributed by atoms with Gasteiger partial charge in [0.2, 0.25) is 5.91 Å². The minimum absolute atomic E-state index is 0.113. The molecule has 12 heavy (non-hydrogen) atoms. The van der Waals surface area contributed by atoms with Crippen molar-refractivity contribution < 1.29 is 9.59 Å². The molecule has 0 aliphatic carbocycles. The fourth-order valence-corrected chi connectivity index (χ4v) is 1.85. The van der Waals surface area contributed by atoms with E-state index < -0.39 is 12.1 Å². The summed E-state index contributed by atoms with van der Waals surface area (Å²) in [6.07, 6.45) is 0. The van der Waals surface area contributed by atoms with Crippen LogP contribution in [0.5, 0.6) is 0 Å². The van der Waals surface area contributed by atoms with Crippen LogP contribution in [0.1, 0.15) is 0 Å². The Morgan fingerprint density at radius 3 is 2.75 bits per heavy atom. The van der Waals surface area contributed by atoms with Gasteiger partial charge in [0, 0.05) is 0 Å². The topological polar surface area (TPSA) is 82.3 Å². The summed E-state index contributed by atoms with van der Waals surface area (Å²) in [6.45, 7) is 0. The van der Waals surface area contributed by atoms with Crippen LogP contribution in [0, 0.1) is 0 Å². The molecule has 2 aliphatic heterocycles. The zero-order chi connectivity index (χ0) is 8.72. The number of halogens is 1. The second kappa shape index (κ2) is 2.68. The highest BCUT2D eigenvalue weighted by Crippen LogP contribution is 2.14. The van der Waals surface area contributed by atoms with Crippen molar-refractivity contribution in [2.45, 2.75) is 17.0 Å². The highest BCUT2D eigenvalue weighted by molar-refractivity contribution is 9.09. The van der Waals surface area contributed by atoms with Gasteiger partial charge in [-0.25, -0.2) is 15.6 Å². The van der Waals surface area contributed by atoms with E-state index in [1.807, 2.05) is 0 Å². The van der Waals surface area contributed by atoms with Crippen LogP contribution >= 0.6 is 15.9 Å². The van der Waals surface area contributed by atoms with Crippen molar-refractivity contribution in [3.63, 3.8) is 0 Å². The standard InChI is InChI=1S/C5H7BrN4O2/c6-3-1-2(9-10-3)4(11)8-5(12)7-1/h1-3,9-10H,(H2,7,8,11,12). The second-order valence-electron chi connectivity index (χ2n) is 2.66. The molecule has 0 aromatic carbocycles. The predicted octanol–water partition coefficient (Wildman–Crippen LogP) is -1.61. The van der Waals surface area contributed by atoms with Gasteiger partial charge in [0.15, 0.2) is 0 Å². The van der Waals surface area contributed by atoms with Crippen molar-refractivity contribution in [1.29, 1.82) is 0 Å². The molecule has 2 heterocycles. The summed E-state index contributed by atoms with van der Waals surface area (Å²) in [7, 11) is 0. The van der Waals surface area contributed by atoms with Gasteiger partial charge < -0.3 is 5.32 Å². The van der Waals surface area contributed by atoms with Crippen LogP contribution in [0.15, 0.2) is 0 Å². The van der Waals surface area contributed by atoms with Gasteiger partial charge in [-0.2, -0.15) is 0 Å². The Bertz CT molecular complexity index is 246. The molecule has 2 aliphatic rings. The van der Waals surface area contributed by atoms with Crippen LogP contribution < -0.4 is 21.5 Å². The van der Waals surface area contributed by atoms with Crippen molar-refractivity contribution >= 4 is 27.9 Å². The Balaban J connectivity index is 2.19. The quantitative estimate of drug-likeness (QED) is 0.301. The fourth-order valence-electron chi connectivity index (χ4n) is 1.28. The summed E-state index contributed by atoms with van der Waals surface area (Å²) in [5.41, 5.74) is 5.56. The Morgan fingerprint density at radius 2 is 2.00 bits per heavy atom. The summed E-state index contributed by atoms with van der Waals surface area (Å²) in [5.74, 6) is -0.307. The van der Waals surface area contributed by atoms with Gasteiger partial charge in [0.25, 0.3) is 0 Å². The van der Waals surface area contributed by atoms with E-state index in [-0.39, 0.29) is 16.9 Å². The number of alkyl halides is 1. The molecule has 4 N–H and O–H groups in total. The number of fused-ring (bicyclic) bond motifs is 1. The number of carbonyl (C=O) groups excluding carboxylic acids is 2. The molecule has 7 heteroatoms. The van der Waals surface area contributed by atoms with Gasteiger partial charge in [-0.05, 0) is 0 Å². The molecule has 0 spiro atoms. The van der Waals surface area contributed by atoms with Gasteiger partial charge >= 0.3 is 6.03 Å². The molecular weight excluding hydrogens is 228 g/mol. The Hall–Kier alpha value is -0.660. The van der Waals surface area contributed by atoms with Crippen molar-refractivity contribution in [2.24, 2.45) is 0 Å². The van der Waals surface area contributed by atoms with E-state index in [0.29, 0.717) is 0 Å². The third-order valence-corrected chi connectivity index (χ3v) is 2.67. The number of urea groups is 1. The molecule has 2 fully saturated rings. The molecule has 0 aromatic heterocycles. The first-order valence-electron chi connectivity index (χ1n) is 3.45. The lowest BCUT2D eigenvalue weighted by atomic mass is 10.1. The molecule has 6 nitrogen and oxygen atoms in total. The summed E-state index contributed by atoms with van der Waals surface area (Å²) < 4.78 is 0. The first kappa shape index (κ1) is 7.96. The number of rotatable bonds is 0. The lowest BCUT2D eigenvalue weighted by Crippen LogP contribution is -2.63. The van der Waals surface area contributed by atoms with E-state index in [1.54, 1.807) is 0 Å². The van der Waals surface area contributed by atoms with Crippen molar-refractivity contribution in [1.82, 2.24) is 21.5 Å². The van der Waals surface area contributed by atoms with Gasteiger partial charge in [0.1, 0.15) is 6.04 Å². The van der Waals surface area contributed by atoms with Gasteiger partial charge in [-0.3, -0.25) is 10.1 Å². The van der Waals surface area contributed by atoms with Crippen LogP contribution in [-0.2, 0) is 4.79 Å². The van der Waals surface area contributed by atoms with Crippen LogP contribution in [-0.4, -0.2) is 29.0 Å². The normalized spacial score (nSPS) is 40.2. The van der Waals surface area contributed by atoms with Gasteiger partial charge in [0.05, 0.1) is 11.0 Å². The molecule has 0 radical (unpaired) electrons. The van der Waals surface area contributed by atoms with Gasteiger partial charge in [-0.1, -0.05) is 15.9 Å². The van der Waals surface area contributed by atoms with Crippen molar-refractivity contribution in [3.8, 4) is 0 Å². The fraction of sp³-hybridized carbons (Fsp3) is 0.600. The van der Waals surface area contributed by atoms with Crippen LogP contribution in [0.2, 0.25) is 0 Å². The van der Waals surface area contributed by atoms with Crippen LogP contribution in [0.25, 0.3) is 0 Å². The SMILES string of the molecule is O=C1NC(=O)C2NNC(Br)C2N1. The van der Waals surface area contributed by atoms with Crippen molar-refractivity contribution in [2.75, 3.05) is 0 Å². The van der Waals surface area contributed by atoms with E-state index in [4.69, 9.17) is 0 Å². The molecule has 3 amide bonds. The molecule has 0 saturated carbocycles. The zero-order valence-corrected chi connectivity index (χ0v) is 7.51. The third kappa shape index (κ3) is 1.10. The smallest absolute Gasteiger partial charge is 0.321 e. The number of hydrogen-bond acceptors (Lipinski definition) is 4. The summed E-state index contributed by atoms with van der Waals surface area (Å²) in [6, 6.07) is -1.07. The molecule has 3 unspecified atom stereocenters. The maximum atomic E-state index is 11.1. The van der Waals surface area contributed by atoms with Crippen LogP contribution in [0.4, 0.5) is 4.79 Å². The number of hydrogen-bond donors (Lipinski definition) is 4. The van der Waals surface area contributed by atoms with Crippen molar-refractivity contribution in [3.05, 3.63) is 0 Å². The predicted molar refractivity (Wildman–Crippen MR) is 43.2 cm³/mol. The summed E-state index contributed by atoms with van der Waals surface area (Å²) >= 11 is 3.27. The molecular formula is C5H7BrN4O2. The number of hydrazine groups is 1. The highest BCUT2D eigenvalue weighted by atomic mass is 79.9. The molecule has 3 atom stereocenters. The van der Waals surface area contributed by atoms with E-state index in [9.17, 15) is 9.59 Å². The summed E-state index contributed by atoms with van der Waals surface area (Å²) in [4.78, 5) is 21.9. The number of nitrogens with one attached hydrogen (secondary N) is 4. The highest BCUT2D eigenvalue weighted by Gasteiger charge is 2.43. The first-order valence-corrected chi connectivity index (χ1v) is 4.36. The number of amides is 3. The molecule has 2 rings (SSSR count). The lowest BCUT2D eigenvalue weighted by molar-refractivity contribution is -0.122. The second-order valence-corrected chi connectivity index (χ2v) is 3.64. The molecule has 0 bridgehead atoms. The van der Waals surface area contributed by atoms with E-state index >= 15 is 0 Å². The number of carbonyl (C=O) groups is 2. The number of imide groups is 1. The first-order chi connectivity index (χ1) is 5.68. The molecule has 0 aromatic rings. The Morgan fingerprint density at radius 1 is 1.25 bits per heavy atom. The van der Waals surface area contributed by atoms with E-state index in [1.165, 1.54) is 0 Å². The monoisotopic (exact) mass is 234 g/mol. The average molecular weight is 235 g/mol. The van der Waals surface area contributed by atoms with Gasteiger partial charge in [-0.15, -0.1) is 0 Å². The average Bonchev–Trinajstić information content (AvgIpc) is 2.33. The maximum absolute atomic E-state index is 11.1. The largest absolute Gasteiger partial charge is 0.330 e. The van der Waals surface area contributed by atoms with E-state index in [0.717, 1.165) is 0 Å². The minimum atomic E-state index is -0.448. The summed E-state index contributed by atoms with van der Waals surface area (Å²) in [5, 5.41) is 4.77. The Labute approximate surface area is 76.5 Å². The maximum Gasteiger partial charge on any atom is 0.321 e. The zero-order valence-electron chi connectivity index (χ0n) is 5.93. The Kier molecular flexibility index (Phi) is 1.78. The minimum Gasteiger partial charge on any atom is -0.330 e.